The van der Waals surface area contributed by atoms with E-state index in [2.05, 4.69) is 59.9 Å². The summed E-state index contributed by atoms with van der Waals surface area (Å²) in [6.07, 6.45) is 6.28. The highest BCUT2D eigenvalue weighted by atomic mass is 16.4. The third-order valence-electron chi connectivity index (χ3n) is 5.46. The number of allylic oxidation sites excluding steroid dienone is 2. The van der Waals surface area contributed by atoms with Gasteiger partial charge in [-0.25, -0.2) is 4.79 Å². The first-order valence-corrected chi connectivity index (χ1v) is 9.17. The zero-order chi connectivity index (χ0) is 17.8. The number of carboxylic acid groups (broad SMARTS) is 1. The lowest BCUT2D eigenvalue weighted by Crippen LogP contribution is -2.45. The molecule has 3 heteroatoms. The SMILES string of the molecule is CC(C)=C[C@@H]1CC1(C)C.CC1CCC(C(C)C)[C@H](NC(=O)O)C1. The standard InChI is InChI=1S/C11H21NO2.C9H16/c1-7(2)9-5-4-8(3)6-10(9)12-11(13)14;1-7(2)5-8-6-9(8,3)4/h7-10,12H,4-6H2,1-3H3,(H,13,14);5,8H,6H2,1-4H3/t8?,9?,10-;8-/m11/s1. The van der Waals surface area contributed by atoms with Crippen LogP contribution in [0.4, 0.5) is 4.79 Å². The van der Waals surface area contributed by atoms with Crippen LogP contribution in [0.2, 0.25) is 0 Å². The number of amides is 1. The number of rotatable bonds is 3. The molecular weight excluding hydrogens is 286 g/mol. The fourth-order valence-electron chi connectivity index (χ4n) is 3.72. The average Bonchev–Trinajstić information content (AvgIpc) is 2.94. The second-order valence-corrected chi connectivity index (χ2v) is 8.93. The lowest BCUT2D eigenvalue weighted by molar-refractivity contribution is 0.147. The quantitative estimate of drug-likeness (QED) is 0.653. The Labute approximate surface area is 142 Å². The first-order chi connectivity index (χ1) is 10.5. The van der Waals surface area contributed by atoms with E-state index in [9.17, 15) is 4.79 Å². The maximum Gasteiger partial charge on any atom is 0.404 e. The number of hydrogen-bond donors (Lipinski definition) is 2. The molecule has 23 heavy (non-hydrogen) atoms. The van der Waals surface area contributed by atoms with E-state index in [0.717, 1.165) is 18.8 Å². The molecule has 0 aliphatic heterocycles. The van der Waals surface area contributed by atoms with E-state index in [1.165, 1.54) is 18.4 Å². The largest absolute Gasteiger partial charge is 0.465 e. The molecule has 3 nitrogen and oxygen atoms in total. The molecule has 2 aliphatic rings. The molecule has 1 amide bonds. The van der Waals surface area contributed by atoms with Crippen molar-refractivity contribution >= 4 is 6.09 Å². The van der Waals surface area contributed by atoms with Crippen molar-refractivity contribution < 1.29 is 9.90 Å². The van der Waals surface area contributed by atoms with Crippen molar-refractivity contribution in [1.82, 2.24) is 5.32 Å². The van der Waals surface area contributed by atoms with Crippen LogP contribution in [0.25, 0.3) is 0 Å². The molecule has 134 valence electrons. The fraction of sp³-hybridized carbons (Fsp3) is 0.850. The van der Waals surface area contributed by atoms with Crippen molar-refractivity contribution in [1.29, 1.82) is 0 Å². The van der Waals surface area contributed by atoms with Gasteiger partial charge in [-0.1, -0.05) is 52.7 Å². The maximum atomic E-state index is 10.6. The Balaban J connectivity index is 0.000000253. The summed E-state index contributed by atoms with van der Waals surface area (Å²) < 4.78 is 0. The molecule has 0 aromatic heterocycles. The molecule has 0 aromatic carbocycles. The van der Waals surface area contributed by atoms with Gasteiger partial charge in [0.25, 0.3) is 0 Å². The van der Waals surface area contributed by atoms with Gasteiger partial charge in [-0.15, -0.1) is 0 Å². The number of nitrogens with one attached hydrogen (secondary N) is 1. The van der Waals surface area contributed by atoms with Crippen molar-refractivity contribution in [2.75, 3.05) is 0 Å². The molecule has 2 rings (SSSR count). The smallest absolute Gasteiger partial charge is 0.404 e. The molecule has 2 aliphatic carbocycles. The van der Waals surface area contributed by atoms with E-state index < -0.39 is 6.09 Å². The predicted molar refractivity (Wildman–Crippen MR) is 97.6 cm³/mol. The van der Waals surface area contributed by atoms with E-state index in [0.29, 0.717) is 23.2 Å². The van der Waals surface area contributed by atoms with E-state index >= 15 is 0 Å². The zero-order valence-corrected chi connectivity index (χ0v) is 16.1. The minimum atomic E-state index is -0.880. The van der Waals surface area contributed by atoms with Gasteiger partial charge < -0.3 is 10.4 Å². The predicted octanol–water partition coefficient (Wildman–Crippen LogP) is 5.71. The summed E-state index contributed by atoms with van der Waals surface area (Å²) in [4.78, 5) is 10.6. The summed E-state index contributed by atoms with van der Waals surface area (Å²) in [7, 11) is 0. The van der Waals surface area contributed by atoms with Crippen LogP contribution < -0.4 is 5.32 Å². The summed E-state index contributed by atoms with van der Waals surface area (Å²) in [5.41, 5.74) is 2.09. The molecular formula is C20H37NO2. The zero-order valence-electron chi connectivity index (χ0n) is 16.1. The van der Waals surface area contributed by atoms with Gasteiger partial charge in [0.2, 0.25) is 0 Å². The van der Waals surface area contributed by atoms with Gasteiger partial charge in [0.05, 0.1) is 0 Å². The highest BCUT2D eigenvalue weighted by Crippen LogP contribution is 2.52. The Bertz CT molecular complexity index is 421. The second-order valence-electron chi connectivity index (χ2n) is 8.93. The summed E-state index contributed by atoms with van der Waals surface area (Å²) in [6.45, 7) is 15.6. The minimum absolute atomic E-state index is 0.163. The van der Waals surface area contributed by atoms with Crippen molar-refractivity contribution in [2.45, 2.75) is 80.2 Å². The molecule has 4 atom stereocenters. The highest BCUT2D eigenvalue weighted by molar-refractivity contribution is 5.64. The van der Waals surface area contributed by atoms with Crippen molar-refractivity contribution in [2.24, 2.45) is 29.1 Å². The summed E-state index contributed by atoms with van der Waals surface area (Å²) in [6, 6.07) is 0.163. The van der Waals surface area contributed by atoms with Gasteiger partial charge in [0, 0.05) is 6.04 Å². The Morgan fingerprint density at radius 3 is 2.17 bits per heavy atom. The molecule has 2 saturated carbocycles. The molecule has 0 saturated heterocycles. The third kappa shape index (κ3) is 6.97. The van der Waals surface area contributed by atoms with Crippen LogP contribution in [0.15, 0.2) is 11.6 Å². The van der Waals surface area contributed by atoms with Crippen LogP contribution >= 0.6 is 0 Å². The van der Waals surface area contributed by atoms with Crippen molar-refractivity contribution in [3.05, 3.63) is 11.6 Å². The number of hydrogen-bond acceptors (Lipinski definition) is 1. The van der Waals surface area contributed by atoms with Gasteiger partial charge in [0.1, 0.15) is 0 Å². The molecule has 2 fully saturated rings. The molecule has 0 radical (unpaired) electrons. The van der Waals surface area contributed by atoms with Crippen LogP contribution in [-0.4, -0.2) is 17.2 Å². The van der Waals surface area contributed by atoms with Crippen LogP contribution in [0.1, 0.15) is 74.1 Å². The summed E-state index contributed by atoms with van der Waals surface area (Å²) >= 11 is 0. The van der Waals surface area contributed by atoms with Gasteiger partial charge in [0.15, 0.2) is 0 Å². The first kappa shape index (κ1) is 20.1. The van der Waals surface area contributed by atoms with Crippen LogP contribution in [0.3, 0.4) is 0 Å². The van der Waals surface area contributed by atoms with Crippen LogP contribution in [0, 0.1) is 29.1 Å². The Hall–Kier alpha value is -0.990. The summed E-state index contributed by atoms with van der Waals surface area (Å²) in [5.74, 6) is 2.62. The monoisotopic (exact) mass is 323 g/mol. The van der Waals surface area contributed by atoms with Crippen LogP contribution in [0.5, 0.6) is 0 Å². The fourth-order valence-corrected chi connectivity index (χ4v) is 3.72. The lowest BCUT2D eigenvalue weighted by Gasteiger charge is -2.37. The van der Waals surface area contributed by atoms with Gasteiger partial charge in [-0.3, -0.25) is 0 Å². The normalized spacial score (nSPS) is 31.7. The molecule has 2 N–H and O–H groups in total. The van der Waals surface area contributed by atoms with E-state index in [-0.39, 0.29) is 6.04 Å². The topological polar surface area (TPSA) is 49.3 Å². The molecule has 0 aromatic rings. The van der Waals surface area contributed by atoms with Crippen molar-refractivity contribution in [3.8, 4) is 0 Å². The minimum Gasteiger partial charge on any atom is -0.465 e. The molecule has 2 unspecified atom stereocenters. The Morgan fingerprint density at radius 1 is 1.26 bits per heavy atom. The number of carbonyl (C=O) groups is 1. The molecule has 0 bridgehead atoms. The van der Waals surface area contributed by atoms with Gasteiger partial charge >= 0.3 is 6.09 Å². The van der Waals surface area contributed by atoms with Crippen LogP contribution in [-0.2, 0) is 0 Å². The van der Waals surface area contributed by atoms with E-state index in [1.807, 2.05) is 0 Å². The Kier molecular flexibility index (Phi) is 7.16. The van der Waals surface area contributed by atoms with Gasteiger partial charge in [-0.05, 0) is 62.2 Å². The summed E-state index contributed by atoms with van der Waals surface area (Å²) in [5, 5.41) is 11.4. The average molecular weight is 324 g/mol. The Morgan fingerprint density at radius 2 is 1.83 bits per heavy atom. The third-order valence-corrected chi connectivity index (χ3v) is 5.46. The van der Waals surface area contributed by atoms with E-state index in [1.54, 1.807) is 0 Å². The second kappa shape index (κ2) is 8.21. The van der Waals surface area contributed by atoms with Gasteiger partial charge in [-0.2, -0.15) is 0 Å². The molecule has 0 heterocycles. The lowest BCUT2D eigenvalue weighted by atomic mass is 9.74. The van der Waals surface area contributed by atoms with Crippen molar-refractivity contribution in [3.63, 3.8) is 0 Å². The van der Waals surface area contributed by atoms with E-state index in [4.69, 9.17) is 5.11 Å². The maximum absolute atomic E-state index is 10.6. The molecule has 0 spiro atoms. The first-order valence-electron chi connectivity index (χ1n) is 9.17. The highest BCUT2D eigenvalue weighted by Gasteiger charge is 2.43.